The van der Waals surface area contributed by atoms with Crippen LogP contribution in [0.3, 0.4) is 0 Å². The van der Waals surface area contributed by atoms with Gasteiger partial charge >= 0.3 is 18.2 Å². The number of rotatable bonds is 24. The number of nitrogens with one attached hydrogen (secondary N) is 1. The number of amides is 1. The van der Waals surface area contributed by atoms with Gasteiger partial charge in [-0.25, -0.2) is 9.59 Å². The van der Waals surface area contributed by atoms with Crippen LogP contribution in [-0.2, 0) is 74.5 Å². The second kappa shape index (κ2) is 27.3. The van der Waals surface area contributed by atoms with Gasteiger partial charge in [0, 0.05) is 10.8 Å². The molecule has 19 nitrogen and oxygen atoms in total. The van der Waals surface area contributed by atoms with Crippen LogP contribution >= 0.6 is 0 Å². The van der Waals surface area contributed by atoms with Gasteiger partial charge in [0.05, 0.1) is 39.0 Å². The minimum Gasteiger partial charge on any atom is -0.457 e. The molecule has 1 aliphatic carbocycles. The summed E-state index contributed by atoms with van der Waals surface area (Å²) in [7, 11) is -2.85. The predicted molar refractivity (Wildman–Crippen MR) is 302 cm³/mol. The Morgan fingerprint density at radius 3 is 2.07 bits per heavy atom. The number of hydrogen-bond acceptors (Lipinski definition) is 16. The van der Waals surface area contributed by atoms with Crippen molar-refractivity contribution in [3.05, 3.63) is 155 Å². The van der Waals surface area contributed by atoms with Crippen molar-refractivity contribution in [3.63, 3.8) is 0 Å². The van der Waals surface area contributed by atoms with Gasteiger partial charge in [-0.2, -0.15) is 0 Å². The molecule has 3 fully saturated rings. The fraction of sp³-hybridized carbons (Fsp3) is 0.525. The van der Waals surface area contributed by atoms with E-state index in [1.807, 2.05) is 129 Å². The molecule has 0 spiro atoms. The molecule has 4 unspecified atom stereocenters. The van der Waals surface area contributed by atoms with Gasteiger partial charge in [0.1, 0.15) is 55.8 Å². The zero-order valence-electron chi connectivity index (χ0n) is 47.8. The van der Waals surface area contributed by atoms with Crippen molar-refractivity contribution in [3.8, 4) is 11.1 Å². The molecule has 8 rings (SSSR count). The minimum atomic E-state index is -2.85. The van der Waals surface area contributed by atoms with Crippen molar-refractivity contribution in [1.29, 1.82) is 0 Å². The maximum Gasteiger partial charge on any atom is 0.508 e. The van der Waals surface area contributed by atoms with Crippen LogP contribution in [0.2, 0.25) is 18.1 Å². The highest BCUT2D eigenvalue weighted by atomic mass is 28.4. The Hall–Kier alpha value is -6.16. The zero-order valence-corrected chi connectivity index (χ0v) is 48.8. The van der Waals surface area contributed by atoms with Crippen LogP contribution < -0.4 is 5.32 Å². The molecule has 20 heteroatoms. The maximum absolute atomic E-state index is 14.6. The van der Waals surface area contributed by atoms with Crippen LogP contribution in [0.25, 0.3) is 21.6 Å². The molecule has 3 aliphatic heterocycles. The minimum absolute atomic E-state index is 0.00593. The van der Waals surface area contributed by atoms with E-state index in [0.717, 1.165) is 33.4 Å². The molecule has 4 aromatic carbocycles. The van der Waals surface area contributed by atoms with E-state index in [-0.39, 0.29) is 62.9 Å². The standard InChI is InChI=1S/C61H78N4O15Si/c1-11-31-69-59(68)78-55-51(64-65-62)57(80-81(9,10)60(5,6)38(3)4)76-47(52(55)71-34-40-25-17-14-18-26-40)36-72-56-50(63-58(67)73-35-46-44-29-21-19-27-42(44)43-28-20-22-30-45(43)46)54(53-48(75-56)37-74-61(7,8)79-53)77-49(66)32-41(12-2)70-33-39-23-15-13-16-24-39/h11,13-30,38,41,46-48,50-57H,1,12,31-37H2,2-10H3,(H,63,67)/t41-,47?,48?,50?,51?,52-,53-,54-,55-,56-,57+/m1/s1. The fourth-order valence-electron chi connectivity index (χ4n) is 10.5. The van der Waals surface area contributed by atoms with E-state index in [1.54, 1.807) is 13.8 Å². The van der Waals surface area contributed by atoms with Gasteiger partial charge < -0.3 is 61.8 Å². The summed E-state index contributed by atoms with van der Waals surface area (Å²) in [6.45, 7) is 21.2. The highest BCUT2D eigenvalue weighted by Gasteiger charge is 2.57. The maximum atomic E-state index is 14.6. The van der Waals surface area contributed by atoms with Crippen molar-refractivity contribution >= 4 is 26.5 Å². The zero-order chi connectivity index (χ0) is 57.9. The molecule has 0 radical (unpaired) electrons. The lowest BCUT2D eigenvalue weighted by Gasteiger charge is -2.51. The van der Waals surface area contributed by atoms with E-state index in [1.165, 1.54) is 6.08 Å². The smallest absolute Gasteiger partial charge is 0.457 e. The van der Waals surface area contributed by atoms with Crippen molar-refractivity contribution in [2.75, 3.05) is 26.4 Å². The topological polar surface area (TPSA) is 223 Å². The monoisotopic (exact) mass is 1130 g/mol. The summed E-state index contributed by atoms with van der Waals surface area (Å²) in [5.74, 6) is -1.91. The molecule has 81 heavy (non-hydrogen) atoms. The van der Waals surface area contributed by atoms with E-state index in [2.05, 4.69) is 49.6 Å². The van der Waals surface area contributed by atoms with Crippen molar-refractivity contribution in [1.82, 2.24) is 5.32 Å². The lowest BCUT2D eigenvalue weighted by molar-refractivity contribution is -0.372. The summed E-state index contributed by atoms with van der Waals surface area (Å²) in [6.07, 6.45) is -10.4. The molecule has 436 valence electrons. The summed E-state index contributed by atoms with van der Waals surface area (Å²) >= 11 is 0. The van der Waals surface area contributed by atoms with E-state index in [4.69, 9.17) is 56.5 Å². The number of ether oxygens (including phenoxy) is 11. The van der Waals surface area contributed by atoms with Gasteiger partial charge in [0.15, 0.2) is 32.8 Å². The van der Waals surface area contributed by atoms with Gasteiger partial charge in [0.25, 0.3) is 0 Å². The molecule has 0 aromatic heterocycles. The molecule has 3 saturated heterocycles. The third-order valence-corrected chi connectivity index (χ3v) is 20.7. The lowest BCUT2D eigenvalue weighted by Crippen LogP contribution is -2.70. The van der Waals surface area contributed by atoms with Crippen LogP contribution in [0, 0.1) is 5.92 Å². The Labute approximate surface area is 475 Å². The highest BCUT2D eigenvalue weighted by molar-refractivity contribution is 6.74. The quantitative estimate of drug-likeness (QED) is 0.0131. The first kappa shape index (κ1) is 60.9. The third kappa shape index (κ3) is 14.9. The van der Waals surface area contributed by atoms with Gasteiger partial charge in [-0.15, -0.1) is 0 Å². The second-order valence-electron chi connectivity index (χ2n) is 22.6. The SMILES string of the molecule is C=CCOC(=O)O[C@@H]1C(N=[N+]=[N-])[C@H](O[Si](C)(C)C(C)(C)C(C)C)OC(CO[C@@H]2OC3COC(C)(C)O[C@H]3[C@H](OC(=O)C[C@@H](CC)OCc3ccccc3)C2NC(=O)OCC2c3ccccc3-c3ccccc32)[C@H]1OCc1ccccc1. The number of esters is 1. The first-order chi connectivity index (χ1) is 38.8. The Bertz CT molecular complexity index is 2750. The number of alkyl carbamates (subject to hydrolysis) is 1. The van der Waals surface area contributed by atoms with Crippen molar-refractivity contribution in [2.45, 2.75) is 172 Å². The molecule has 1 N–H and O–H groups in total. The van der Waals surface area contributed by atoms with Crippen molar-refractivity contribution in [2.24, 2.45) is 11.0 Å². The van der Waals surface area contributed by atoms with Gasteiger partial charge in [-0.3, -0.25) is 4.79 Å². The summed E-state index contributed by atoms with van der Waals surface area (Å²) in [5, 5.41) is 6.78. The first-order valence-electron chi connectivity index (χ1n) is 27.9. The number of azide groups is 1. The van der Waals surface area contributed by atoms with Crippen LogP contribution in [0.1, 0.15) is 89.5 Å². The predicted octanol–water partition coefficient (Wildman–Crippen LogP) is 11.4. The number of carbonyl (C=O) groups is 3. The Morgan fingerprint density at radius 2 is 1.46 bits per heavy atom. The first-order valence-corrected chi connectivity index (χ1v) is 30.8. The normalized spacial score (nSPS) is 25.5. The van der Waals surface area contributed by atoms with Crippen molar-refractivity contribution < 1.29 is 70.9 Å². The molecule has 11 atom stereocenters. The molecular weight excluding hydrogens is 1060 g/mol. The molecule has 4 aliphatic rings. The Balaban J connectivity index is 1.14. The molecule has 0 bridgehead atoms. The average molecular weight is 1140 g/mol. The summed E-state index contributed by atoms with van der Waals surface area (Å²) in [6, 6.07) is 32.4. The van der Waals surface area contributed by atoms with Crippen LogP contribution in [-0.4, -0.2) is 126 Å². The average Bonchev–Trinajstić information content (AvgIpc) is 4.08. The fourth-order valence-corrected chi connectivity index (χ4v) is 13.0. The van der Waals surface area contributed by atoms with E-state index in [9.17, 15) is 19.9 Å². The van der Waals surface area contributed by atoms with Crippen LogP contribution in [0.15, 0.2) is 127 Å². The third-order valence-electron chi connectivity index (χ3n) is 16.2. The number of benzene rings is 4. The summed E-state index contributed by atoms with van der Waals surface area (Å²) < 4.78 is 77.1. The number of carbonyl (C=O) groups excluding carboxylic acids is 3. The van der Waals surface area contributed by atoms with Gasteiger partial charge in [-0.05, 0) is 83.2 Å². The molecule has 0 saturated carbocycles. The lowest BCUT2D eigenvalue weighted by atomic mass is 9.94. The molecular formula is C61H78N4O15Si. The van der Waals surface area contributed by atoms with Gasteiger partial charge in [-0.1, -0.05) is 162 Å². The van der Waals surface area contributed by atoms with Crippen LogP contribution in [0.4, 0.5) is 9.59 Å². The van der Waals surface area contributed by atoms with E-state index in [0.29, 0.717) is 6.42 Å². The van der Waals surface area contributed by atoms with E-state index < -0.39 is 99.7 Å². The van der Waals surface area contributed by atoms with Crippen LogP contribution in [0.5, 0.6) is 0 Å². The molecule has 1 amide bonds. The highest BCUT2D eigenvalue weighted by Crippen LogP contribution is 2.47. The number of fused-ring (bicyclic) bond motifs is 4. The Morgan fingerprint density at radius 1 is 0.827 bits per heavy atom. The Kier molecular flexibility index (Phi) is 20.5. The molecule has 4 aromatic rings. The largest absolute Gasteiger partial charge is 0.508 e. The number of nitrogens with zero attached hydrogens (tertiary/aromatic N) is 3. The van der Waals surface area contributed by atoms with Gasteiger partial charge in [0.2, 0.25) is 0 Å². The summed E-state index contributed by atoms with van der Waals surface area (Å²) in [4.78, 5) is 45.7. The van der Waals surface area contributed by atoms with E-state index >= 15 is 0 Å². The molecule has 3 heterocycles. The number of hydrogen-bond donors (Lipinski definition) is 1. The second-order valence-corrected chi connectivity index (χ2v) is 27.1. The summed E-state index contributed by atoms with van der Waals surface area (Å²) in [5.41, 5.74) is 16.0.